The molecule has 3 aromatic heterocycles. The summed E-state index contributed by atoms with van der Waals surface area (Å²) < 4.78 is 4.26. The van der Waals surface area contributed by atoms with E-state index < -0.39 is 5.91 Å². The lowest BCUT2D eigenvalue weighted by Crippen LogP contribution is -2.26. The van der Waals surface area contributed by atoms with Gasteiger partial charge in [0.15, 0.2) is 0 Å². The van der Waals surface area contributed by atoms with Crippen molar-refractivity contribution >= 4 is 38.4 Å². The van der Waals surface area contributed by atoms with Crippen LogP contribution in [0.4, 0.5) is 0 Å². The number of hydrogen-bond acceptors (Lipinski definition) is 4. The maximum atomic E-state index is 12.4. The third-order valence-corrected chi connectivity index (χ3v) is 4.44. The van der Waals surface area contributed by atoms with Gasteiger partial charge in [-0.2, -0.15) is 5.10 Å². The highest BCUT2D eigenvalue weighted by atomic mass is 32.1. The molecule has 0 aromatic carbocycles. The van der Waals surface area contributed by atoms with Gasteiger partial charge in [-0.15, -0.1) is 11.3 Å². The normalized spacial score (nSPS) is 11.5. The first-order chi connectivity index (χ1) is 9.49. The highest BCUT2D eigenvalue weighted by Crippen LogP contribution is 2.32. The maximum Gasteiger partial charge on any atom is 0.291 e. The molecule has 104 valence electrons. The first kappa shape index (κ1) is 12.9. The molecule has 2 N–H and O–H groups in total. The van der Waals surface area contributed by atoms with Crippen molar-refractivity contribution in [2.45, 2.75) is 19.9 Å². The van der Waals surface area contributed by atoms with Crippen molar-refractivity contribution in [3.05, 3.63) is 27.5 Å². The van der Waals surface area contributed by atoms with Crippen LogP contribution in [0.25, 0.3) is 21.1 Å². The molecule has 3 rings (SSSR count). The van der Waals surface area contributed by atoms with E-state index >= 15 is 0 Å². The van der Waals surface area contributed by atoms with Crippen LogP contribution in [-0.2, 0) is 18.4 Å². The summed E-state index contributed by atoms with van der Waals surface area (Å²) in [5.41, 5.74) is 6.57. The minimum absolute atomic E-state index is 0.107. The maximum absolute atomic E-state index is 12.4. The molecule has 0 bridgehead atoms. The summed E-state index contributed by atoms with van der Waals surface area (Å²) in [4.78, 5) is 24.5. The van der Waals surface area contributed by atoms with Gasteiger partial charge in [-0.3, -0.25) is 9.59 Å². The number of primary amides is 1. The topological polar surface area (TPSA) is 82.9 Å². The van der Waals surface area contributed by atoms with Crippen molar-refractivity contribution in [2.75, 3.05) is 0 Å². The van der Waals surface area contributed by atoms with Gasteiger partial charge >= 0.3 is 0 Å². The molecule has 20 heavy (non-hydrogen) atoms. The van der Waals surface area contributed by atoms with E-state index in [1.807, 2.05) is 18.5 Å². The molecule has 0 saturated heterocycles. The molecule has 6 nitrogen and oxygen atoms in total. The fourth-order valence-electron chi connectivity index (χ4n) is 2.41. The van der Waals surface area contributed by atoms with Crippen molar-refractivity contribution in [2.24, 2.45) is 12.8 Å². The Bertz CT molecular complexity index is 887. The van der Waals surface area contributed by atoms with Gasteiger partial charge in [0, 0.05) is 23.7 Å². The number of carbonyl (C=O) groups is 1. The van der Waals surface area contributed by atoms with E-state index in [1.54, 1.807) is 17.5 Å². The zero-order valence-corrected chi connectivity index (χ0v) is 12.0. The van der Waals surface area contributed by atoms with Gasteiger partial charge in [0.2, 0.25) is 5.91 Å². The van der Waals surface area contributed by atoms with E-state index in [0.717, 1.165) is 15.6 Å². The molecular formula is C13H14N4O2S. The molecule has 1 amide bonds. The Morgan fingerprint density at radius 1 is 1.50 bits per heavy atom. The van der Waals surface area contributed by atoms with Gasteiger partial charge in [-0.1, -0.05) is 0 Å². The number of aromatic nitrogens is 3. The van der Waals surface area contributed by atoms with Crippen LogP contribution in [-0.4, -0.2) is 20.3 Å². The van der Waals surface area contributed by atoms with Crippen LogP contribution in [0.15, 0.2) is 17.1 Å². The Hall–Kier alpha value is -2.15. The van der Waals surface area contributed by atoms with E-state index in [1.165, 1.54) is 9.56 Å². The average Bonchev–Trinajstić information content (AvgIpc) is 2.87. The van der Waals surface area contributed by atoms with Crippen LogP contribution >= 0.6 is 11.3 Å². The number of nitrogens with two attached hydrogens (primary N) is 1. The fourth-order valence-corrected chi connectivity index (χ4v) is 3.46. The molecule has 3 aromatic rings. The molecule has 0 spiro atoms. The molecule has 0 radical (unpaired) electrons. The highest BCUT2D eigenvalue weighted by Gasteiger charge is 2.15. The lowest BCUT2D eigenvalue weighted by molar-refractivity contribution is -0.118. The Kier molecular flexibility index (Phi) is 2.86. The number of fused-ring (bicyclic) bond motifs is 3. The van der Waals surface area contributed by atoms with Crippen molar-refractivity contribution < 1.29 is 4.79 Å². The van der Waals surface area contributed by atoms with Crippen molar-refractivity contribution in [3.63, 3.8) is 0 Å². The summed E-state index contributed by atoms with van der Waals surface area (Å²) in [6.07, 6.45) is 1.80. The minimum Gasteiger partial charge on any atom is -0.370 e. The molecule has 7 heteroatoms. The standard InChI is InChI=1S/C13H14N4O2S/c1-7-5-9-12(20-7)8-6-15-17(4-3-10(14)18)13(19)11(8)16(9)2/h5-6H,3-4H2,1-2H3,(H2,14,18). The third kappa shape index (κ3) is 1.82. The van der Waals surface area contributed by atoms with E-state index in [-0.39, 0.29) is 18.5 Å². The summed E-state index contributed by atoms with van der Waals surface area (Å²) in [5, 5.41) is 5.00. The van der Waals surface area contributed by atoms with Gasteiger partial charge in [0.25, 0.3) is 5.56 Å². The van der Waals surface area contributed by atoms with Crippen LogP contribution in [0.2, 0.25) is 0 Å². The van der Waals surface area contributed by atoms with Crippen LogP contribution in [0.1, 0.15) is 11.3 Å². The molecule has 0 atom stereocenters. The number of nitrogens with zero attached hydrogens (tertiary/aromatic N) is 3. The van der Waals surface area contributed by atoms with E-state index in [2.05, 4.69) is 11.2 Å². The molecule has 0 unspecified atom stereocenters. The van der Waals surface area contributed by atoms with Gasteiger partial charge in [-0.05, 0) is 13.0 Å². The largest absolute Gasteiger partial charge is 0.370 e. The summed E-state index contributed by atoms with van der Waals surface area (Å²) >= 11 is 1.65. The molecule has 0 aliphatic carbocycles. The lowest BCUT2D eigenvalue weighted by Gasteiger charge is -2.03. The molecule has 0 aliphatic rings. The second kappa shape index (κ2) is 4.45. The summed E-state index contributed by atoms with van der Waals surface area (Å²) in [7, 11) is 1.87. The lowest BCUT2D eigenvalue weighted by atomic mass is 10.3. The summed E-state index contributed by atoms with van der Waals surface area (Å²) in [5.74, 6) is -0.442. The molecule has 0 aliphatic heterocycles. The van der Waals surface area contributed by atoms with Crippen LogP contribution in [0.3, 0.4) is 0 Å². The van der Waals surface area contributed by atoms with E-state index in [4.69, 9.17) is 5.73 Å². The first-order valence-corrected chi connectivity index (χ1v) is 7.03. The van der Waals surface area contributed by atoms with Gasteiger partial charge < -0.3 is 10.3 Å². The number of thiophene rings is 1. The SMILES string of the molecule is Cc1cc2c(s1)c1cnn(CCC(N)=O)c(=O)c1n2C. The second-order valence-electron chi connectivity index (χ2n) is 4.78. The van der Waals surface area contributed by atoms with Crippen molar-refractivity contribution in [1.29, 1.82) is 0 Å². The quantitative estimate of drug-likeness (QED) is 0.785. The Morgan fingerprint density at radius 3 is 2.95 bits per heavy atom. The van der Waals surface area contributed by atoms with Crippen LogP contribution < -0.4 is 11.3 Å². The Morgan fingerprint density at radius 2 is 2.25 bits per heavy atom. The molecule has 0 saturated carbocycles. The monoisotopic (exact) mass is 290 g/mol. The van der Waals surface area contributed by atoms with Gasteiger partial charge in [0.1, 0.15) is 5.52 Å². The van der Waals surface area contributed by atoms with Crippen molar-refractivity contribution in [1.82, 2.24) is 14.3 Å². The zero-order valence-electron chi connectivity index (χ0n) is 11.2. The zero-order chi connectivity index (χ0) is 14.4. The van der Waals surface area contributed by atoms with Crippen molar-refractivity contribution in [3.8, 4) is 0 Å². The van der Waals surface area contributed by atoms with Gasteiger partial charge in [0.05, 0.1) is 23.0 Å². The number of aryl methyl sites for hydroxylation is 3. The Labute approximate surface area is 118 Å². The summed E-state index contributed by atoms with van der Waals surface area (Å²) in [6, 6.07) is 2.06. The Balaban J connectivity index is 2.25. The summed E-state index contributed by atoms with van der Waals surface area (Å²) in [6.45, 7) is 2.25. The number of carbonyl (C=O) groups excluding carboxylic acids is 1. The number of hydrogen-bond donors (Lipinski definition) is 1. The van der Waals surface area contributed by atoms with Gasteiger partial charge in [-0.25, -0.2) is 4.68 Å². The van der Waals surface area contributed by atoms with Crippen LogP contribution in [0, 0.1) is 6.92 Å². The van der Waals surface area contributed by atoms with Crippen LogP contribution in [0.5, 0.6) is 0 Å². The first-order valence-electron chi connectivity index (χ1n) is 6.22. The van der Waals surface area contributed by atoms with E-state index in [9.17, 15) is 9.59 Å². The second-order valence-corrected chi connectivity index (χ2v) is 6.04. The fraction of sp³-hybridized carbons (Fsp3) is 0.308. The number of rotatable bonds is 3. The molecule has 0 fully saturated rings. The van der Waals surface area contributed by atoms with E-state index in [0.29, 0.717) is 5.52 Å². The predicted octanol–water partition coefficient (Wildman–Crippen LogP) is 1.13. The molecular weight excluding hydrogens is 276 g/mol. The average molecular weight is 290 g/mol. The minimum atomic E-state index is -0.442. The molecule has 3 heterocycles. The predicted molar refractivity (Wildman–Crippen MR) is 78.9 cm³/mol. The highest BCUT2D eigenvalue weighted by molar-refractivity contribution is 7.20. The third-order valence-electron chi connectivity index (χ3n) is 3.37. The smallest absolute Gasteiger partial charge is 0.291 e. The number of amides is 1.